The maximum absolute atomic E-state index is 10.3. The molecule has 0 saturated carbocycles. The van der Waals surface area contributed by atoms with E-state index in [0.717, 1.165) is 22.2 Å². The first kappa shape index (κ1) is 17.0. The van der Waals surface area contributed by atoms with Gasteiger partial charge in [0.1, 0.15) is 12.5 Å². The topological polar surface area (TPSA) is 76.0 Å². The summed E-state index contributed by atoms with van der Waals surface area (Å²) in [5.41, 5.74) is 1.95. The van der Waals surface area contributed by atoms with Gasteiger partial charge in [-0.1, -0.05) is 41.3 Å². The molecule has 1 aliphatic heterocycles. The van der Waals surface area contributed by atoms with Gasteiger partial charge >= 0.3 is 0 Å². The fraction of sp³-hybridized carbons (Fsp3) is 0.600. The summed E-state index contributed by atoms with van der Waals surface area (Å²) in [7, 11) is 0. The molecule has 0 aromatic rings. The average molecular weight is 406 g/mol. The van der Waals surface area contributed by atoms with Crippen molar-refractivity contribution in [2.75, 3.05) is 11.0 Å². The highest BCUT2D eigenvalue weighted by molar-refractivity contribution is 14.1. The highest BCUT2D eigenvalue weighted by Gasteiger charge is 2.33. The van der Waals surface area contributed by atoms with E-state index >= 15 is 0 Å². The van der Waals surface area contributed by atoms with Gasteiger partial charge in [-0.25, -0.2) is 0 Å². The molecule has 1 saturated heterocycles. The number of aliphatic hydroxyl groups is 3. The summed E-state index contributed by atoms with van der Waals surface area (Å²) in [5, 5.41) is 33.1. The van der Waals surface area contributed by atoms with Crippen LogP contribution in [0.4, 0.5) is 0 Å². The average Bonchev–Trinajstić information content (AvgIpc) is 2.79. The van der Waals surface area contributed by atoms with Gasteiger partial charge in [-0.15, -0.1) is 0 Å². The van der Waals surface area contributed by atoms with Crippen LogP contribution < -0.4 is 5.32 Å². The zero-order valence-electron chi connectivity index (χ0n) is 12.0. The fourth-order valence-electron chi connectivity index (χ4n) is 2.68. The van der Waals surface area contributed by atoms with Gasteiger partial charge in [0, 0.05) is 28.3 Å². The lowest BCUT2D eigenvalue weighted by Crippen LogP contribution is -2.43. The van der Waals surface area contributed by atoms with E-state index in [1.807, 2.05) is 18.2 Å². The van der Waals surface area contributed by atoms with Crippen LogP contribution in [0.1, 0.15) is 19.3 Å². The number of allylic oxidation sites excluding steroid dienone is 3. The summed E-state index contributed by atoms with van der Waals surface area (Å²) in [6.07, 6.45) is 5.91. The van der Waals surface area contributed by atoms with Crippen LogP contribution in [-0.4, -0.2) is 49.8 Å². The third-order valence-electron chi connectivity index (χ3n) is 3.96. The van der Waals surface area contributed by atoms with Crippen molar-refractivity contribution in [1.82, 2.24) is 10.2 Å². The molecule has 0 radical (unpaired) electrons. The highest BCUT2D eigenvalue weighted by atomic mass is 127. The molecule has 2 rings (SSSR count). The highest BCUT2D eigenvalue weighted by Crippen LogP contribution is 2.25. The molecule has 2 aliphatic rings. The van der Waals surface area contributed by atoms with Crippen LogP contribution in [0, 0.1) is 5.92 Å². The third kappa shape index (κ3) is 4.53. The number of likely N-dealkylation sites (tertiary alicyclic amines) is 1. The molecule has 0 amide bonds. The predicted molar refractivity (Wildman–Crippen MR) is 90.5 cm³/mol. The van der Waals surface area contributed by atoms with E-state index in [0.29, 0.717) is 12.8 Å². The van der Waals surface area contributed by atoms with Crippen LogP contribution in [0.5, 0.6) is 0 Å². The number of halogens is 1. The maximum atomic E-state index is 10.3. The molecular formula is C15H23IN2O3. The van der Waals surface area contributed by atoms with Gasteiger partial charge in [-0.3, -0.25) is 4.90 Å². The van der Waals surface area contributed by atoms with E-state index in [1.165, 1.54) is 0 Å². The Kier molecular flexibility index (Phi) is 6.24. The second-order valence-corrected chi connectivity index (χ2v) is 6.35. The Labute approximate surface area is 139 Å². The summed E-state index contributed by atoms with van der Waals surface area (Å²) in [4.78, 5) is 1.56. The molecular weight excluding hydrogens is 383 g/mol. The van der Waals surface area contributed by atoms with Crippen molar-refractivity contribution >= 4 is 22.6 Å². The fourth-order valence-corrected chi connectivity index (χ4v) is 2.87. The van der Waals surface area contributed by atoms with Gasteiger partial charge in [0.2, 0.25) is 0 Å². The van der Waals surface area contributed by atoms with E-state index in [1.54, 1.807) is 4.90 Å². The largest absolute Gasteiger partial charge is 0.391 e. The number of nitrogens with one attached hydrogen (secondary N) is 1. The first-order valence-corrected chi connectivity index (χ1v) is 8.73. The molecule has 0 aromatic heterocycles. The van der Waals surface area contributed by atoms with Crippen molar-refractivity contribution < 1.29 is 15.3 Å². The molecule has 0 aromatic carbocycles. The SMILES string of the molecule is C=C(CI)NC1=CCC(C(O)CN2C(O)CCC2O)C=C1. The lowest BCUT2D eigenvalue weighted by atomic mass is 9.93. The number of rotatable bonds is 6. The van der Waals surface area contributed by atoms with Crippen molar-refractivity contribution in [2.45, 2.75) is 37.8 Å². The predicted octanol–water partition coefficient (Wildman–Crippen LogP) is 1.08. The van der Waals surface area contributed by atoms with Gasteiger partial charge in [0.25, 0.3) is 0 Å². The van der Waals surface area contributed by atoms with Gasteiger partial charge in [-0.2, -0.15) is 0 Å². The molecule has 0 spiro atoms. The molecule has 1 aliphatic carbocycles. The van der Waals surface area contributed by atoms with Crippen molar-refractivity contribution in [3.8, 4) is 0 Å². The normalized spacial score (nSPS) is 31.0. The van der Waals surface area contributed by atoms with Crippen LogP contribution >= 0.6 is 22.6 Å². The lowest BCUT2D eigenvalue weighted by molar-refractivity contribution is -0.0776. The second-order valence-electron chi connectivity index (χ2n) is 5.58. The molecule has 21 heavy (non-hydrogen) atoms. The van der Waals surface area contributed by atoms with Crippen molar-refractivity contribution in [3.63, 3.8) is 0 Å². The molecule has 0 bridgehead atoms. The number of alkyl halides is 1. The number of hydrogen-bond donors (Lipinski definition) is 4. The Morgan fingerprint density at radius 3 is 2.62 bits per heavy atom. The minimum absolute atomic E-state index is 0.00316. The lowest BCUT2D eigenvalue weighted by Gasteiger charge is -2.30. The number of β-amino-alcohol motifs (C(OH)–C–C–N with tert-alkyl or cyclic N) is 1. The zero-order chi connectivity index (χ0) is 15.4. The number of aliphatic hydroxyl groups excluding tert-OH is 3. The van der Waals surface area contributed by atoms with Crippen LogP contribution in [0.2, 0.25) is 0 Å². The first-order valence-electron chi connectivity index (χ1n) is 7.20. The summed E-state index contributed by atoms with van der Waals surface area (Å²) in [5.74, 6) is 0.00316. The zero-order valence-corrected chi connectivity index (χ0v) is 14.1. The van der Waals surface area contributed by atoms with E-state index < -0.39 is 18.6 Å². The molecule has 4 unspecified atom stereocenters. The van der Waals surface area contributed by atoms with Crippen molar-refractivity contribution in [2.24, 2.45) is 5.92 Å². The van der Waals surface area contributed by atoms with Crippen LogP contribution in [0.15, 0.2) is 36.2 Å². The Hall–Kier alpha value is -0.410. The Bertz CT molecular complexity index is 429. The van der Waals surface area contributed by atoms with Crippen molar-refractivity contribution in [3.05, 3.63) is 36.2 Å². The van der Waals surface area contributed by atoms with E-state index in [4.69, 9.17) is 0 Å². The Morgan fingerprint density at radius 1 is 1.43 bits per heavy atom. The molecule has 4 atom stereocenters. The molecule has 1 heterocycles. The maximum Gasteiger partial charge on any atom is 0.109 e. The van der Waals surface area contributed by atoms with Crippen LogP contribution in [0.25, 0.3) is 0 Å². The molecule has 118 valence electrons. The molecule has 6 heteroatoms. The molecule has 1 fully saturated rings. The Morgan fingerprint density at radius 2 is 2.10 bits per heavy atom. The summed E-state index contributed by atoms with van der Waals surface area (Å²) in [6, 6.07) is 0. The molecule has 4 N–H and O–H groups in total. The first-order chi connectivity index (χ1) is 10.0. The van der Waals surface area contributed by atoms with Crippen molar-refractivity contribution in [1.29, 1.82) is 0 Å². The van der Waals surface area contributed by atoms with E-state index in [-0.39, 0.29) is 12.5 Å². The summed E-state index contributed by atoms with van der Waals surface area (Å²) in [6.45, 7) is 4.19. The number of nitrogens with zero attached hydrogens (tertiary/aromatic N) is 1. The van der Waals surface area contributed by atoms with E-state index in [2.05, 4.69) is 34.5 Å². The minimum atomic E-state index is -0.651. The van der Waals surface area contributed by atoms with Crippen LogP contribution in [-0.2, 0) is 0 Å². The minimum Gasteiger partial charge on any atom is -0.391 e. The Balaban J connectivity index is 1.84. The van der Waals surface area contributed by atoms with Gasteiger partial charge in [0.15, 0.2) is 0 Å². The van der Waals surface area contributed by atoms with Gasteiger partial charge < -0.3 is 20.6 Å². The monoisotopic (exact) mass is 406 g/mol. The van der Waals surface area contributed by atoms with Gasteiger partial charge in [-0.05, 0) is 25.3 Å². The summed E-state index contributed by atoms with van der Waals surface area (Å²) >= 11 is 2.25. The standard InChI is InChI=1S/C15H23IN2O3/c1-10(8-16)17-12-4-2-11(3-5-12)13(19)9-18-14(20)6-7-15(18)21/h2,4-5,11,13-15,17,19-21H,1,3,6-9H2. The van der Waals surface area contributed by atoms with Gasteiger partial charge in [0.05, 0.1) is 6.10 Å². The second kappa shape index (κ2) is 7.73. The third-order valence-corrected chi connectivity index (χ3v) is 4.88. The quantitative estimate of drug-likeness (QED) is 0.393. The molecule has 5 nitrogen and oxygen atoms in total. The van der Waals surface area contributed by atoms with Crippen LogP contribution in [0.3, 0.4) is 0 Å². The smallest absolute Gasteiger partial charge is 0.109 e. The summed E-state index contributed by atoms with van der Waals surface area (Å²) < 4.78 is 0.847. The number of hydrogen-bond acceptors (Lipinski definition) is 5. The van der Waals surface area contributed by atoms with E-state index in [9.17, 15) is 15.3 Å².